The van der Waals surface area contributed by atoms with Crippen molar-refractivity contribution in [3.63, 3.8) is 0 Å². The van der Waals surface area contributed by atoms with Gasteiger partial charge in [-0.3, -0.25) is 4.98 Å². The van der Waals surface area contributed by atoms with E-state index in [0.29, 0.717) is 6.04 Å². The Labute approximate surface area is 112 Å². The highest BCUT2D eigenvalue weighted by atomic mass is 32.2. The van der Waals surface area contributed by atoms with E-state index >= 15 is 0 Å². The van der Waals surface area contributed by atoms with Crippen LogP contribution in [0.2, 0.25) is 0 Å². The van der Waals surface area contributed by atoms with Gasteiger partial charge in [0.1, 0.15) is 0 Å². The van der Waals surface area contributed by atoms with Crippen molar-refractivity contribution in [2.45, 2.75) is 26.4 Å². The van der Waals surface area contributed by atoms with Crippen molar-refractivity contribution in [2.75, 3.05) is 11.5 Å². The minimum absolute atomic E-state index is 0.503. The first-order chi connectivity index (χ1) is 8.79. The van der Waals surface area contributed by atoms with Gasteiger partial charge in [0.05, 0.1) is 22.9 Å². The lowest BCUT2D eigenvalue weighted by Crippen LogP contribution is -2.28. The van der Waals surface area contributed by atoms with E-state index in [1.54, 1.807) is 0 Å². The second-order valence-corrected chi connectivity index (χ2v) is 5.61. The van der Waals surface area contributed by atoms with Crippen LogP contribution in [0.1, 0.15) is 19.5 Å². The van der Waals surface area contributed by atoms with Crippen molar-refractivity contribution in [3.05, 3.63) is 36.2 Å². The molecule has 96 valence electrons. The van der Waals surface area contributed by atoms with Crippen LogP contribution < -0.4 is 5.32 Å². The monoisotopic (exact) mass is 261 g/mol. The van der Waals surface area contributed by atoms with E-state index in [1.807, 2.05) is 42.2 Å². The van der Waals surface area contributed by atoms with Gasteiger partial charge in [0, 0.05) is 18.3 Å². The largest absolute Gasteiger partial charge is 0.308 e. The van der Waals surface area contributed by atoms with Crippen LogP contribution in [-0.2, 0) is 6.54 Å². The van der Waals surface area contributed by atoms with Crippen molar-refractivity contribution < 1.29 is 0 Å². The number of nitrogens with zero attached hydrogens (tertiary/aromatic N) is 2. The highest BCUT2D eigenvalue weighted by molar-refractivity contribution is 7.99. The Balaban J connectivity index is 1.95. The number of hydrogen-bond acceptors (Lipinski definition) is 4. The lowest BCUT2D eigenvalue weighted by Gasteiger charge is -2.12. The quantitative estimate of drug-likeness (QED) is 0.867. The number of fused-ring (bicyclic) bond motifs is 1. The van der Waals surface area contributed by atoms with E-state index in [-0.39, 0.29) is 0 Å². The summed E-state index contributed by atoms with van der Waals surface area (Å²) in [6.07, 6.45) is 1.86. The molecule has 0 radical (unpaired) electrons. The number of para-hydroxylation sites is 2. The van der Waals surface area contributed by atoms with Gasteiger partial charge in [0.2, 0.25) is 0 Å². The molecule has 1 atom stereocenters. The molecule has 0 spiro atoms. The number of thioether (sulfide) groups is 1. The summed E-state index contributed by atoms with van der Waals surface area (Å²) in [4.78, 5) is 9.01. The zero-order valence-electron chi connectivity index (χ0n) is 10.9. The molecular formula is C14H19N3S. The molecule has 1 aromatic heterocycles. The Bertz CT molecular complexity index is 501. The summed E-state index contributed by atoms with van der Waals surface area (Å²) >= 11 is 1.96. The third-order valence-electron chi connectivity index (χ3n) is 2.70. The van der Waals surface area contributed by atoms with Crippen molar-refractivity contribution in [2.24, 2.45) is 0 Å². The third kappa shape index (κ3) is 3.68. The van der Waals surface area contributed by atoms with E-state index in [2.05, 4.69) is 29.1 Å². The first kappa shape index (κ1) is 13.3. The molecule has 0 aliphatic rings. The fourth-order valence-corrected chi connectivity index (χ4v) is 2.42. The standard InChI is InChI=1S/C14H19N3S/c1-3-18-10-11(2)15-8-12-9-16-13-6-4-5-7-14(13)17-12/h4-7,9,11,15H,3,8,10H2,1-2H3. The maximum atomic E-state index is 4.60. The van der Waals surface area contributed by atoms with Crippen LogP contribution in [0.4, 0.5) is 0 Å². The van der Waals surface area contributed by atoms with E-state index in [4.69, 9.17) is 0 Å². The Kier molecular flexibility index (Phi) is 4.96. The van der Waals surface area contributed by atoms with Crippen LogP contribution in [0.15, 0.2) is 30.5 Å². The topological polar surface area (TPSA) is 37.8 Å². The Morgan fingerprint density at radius 1 is 1.28 bits per heavy atom. The van der Waals surface area contributed by atoms with Gasteiger partial charge in [0.15, 0.2) is 0 Å². The summed E-state index contributed by atoms with van der Waals surface area (Å²) in [5.41, 5.74) is 2.92. The molecule has 2 aromatic rings. The molecule has 0 saturated carbocycles. The molecule has 1 heterocycles. The maximum Gasteiger partial charge on any atom is 0.0890 e. The summed E-state index contributed by atoms with van der Waals surface area (Å²) in [6, 6.07) is 8.47. The van der Waals surface area contributed by atoms with Crippen LogP contribution >= 0.6 is 11.8 Å². The molecule has 2 rings (SSSR count). The molecule has 1 aromatic carbocycles. The average Bonchev–Trinajstić information content (AvgIpc) is 2.42. The van der Waals surface area contributed by atoms with Gasteiger partial charge in [-0.15, -0.1) is 0 Å². The zero-order chi connectivity index (χ0) is 12.8. The summed E-state index contributed by atoms with van der Waals surface area (Å²) < 4.78 is 0. The van der Waals surface area contributed by atoms with Crippen molar-refractivity contribution in [1.82, 2.24) is 15.3 Å². The highest BCUT2D eigenvalue weighted by Gasteiger charge is 2.03. The number of benzene rings is 1. The SMILES string of the molecule is CCSCC(C)NCc1cnc2ccccc2n1. The Morgan fingerprint density at radius 2 is 2.06 bits per heavy atom. The molecule has 18 heavy (non-hydrogen) atoms. The van der Waals surface area contributed by atoms with Gasteiger partial charge < -0.3 is 5.32 Å². The number of aromatic nitrogens is 2. The number of hydrogen-bond donors (Lipinski definition) is 1. The molecule has 0 aliphatic carbocycles. The Hall–Kier alpha value is -1.13. The van der Waals surface area contributed by atoms with Crippen LogP contribution in [0.25, 0.3) is 11.0 Å². The summed E-state index contributed by atoms with van der Waals surface area (Å²) in [7, 11) is 0. The van der Waals surface area contributed by atoms with Crippen molar-refractivity contribution in [1.29, 1.82) is 0 Å². The predicted octanol–water partition coefficient (Wildman–Crippen LogP) is 2.86. The molecule has 0 amide bonds. The predicted molar refractivity (Wildman–Crippen MR) is 78.8 cm³/mol. The molecule has 1 N–H and O–H groups in total. The summed E-state index contributed by atoms with van der Waals surface area (Å²) in [6.45, 7) is 5.17. The van der Waals surface area contributed by atoms with E-state index in [1.165, 1.54) is 5.75 Å². The average molecular weight is 261 g/mol. The van der Waals surface area contributed by atoms with Gasteiger partial charge >= 0.3 is 0 Å². The van der Waals surface area contributed by atoms with Crippen LogP contribution in [0.5, 0.6) is 0 Å². The van der Waals surface area contributed by atoms with Crippen molar-refractivity contribution in [3.8, 4) is 0 Å². The Morgan fingerprint density at radius 3 is 2.83 bits per heavy atom. The van der Waals surface area contributed by atoms with Crippen LogP contribution in [0.3, 0.4) is 0 Å². The lowest BCUT2D eigenvalue weighted by molar-refractivity contribution is 0.588. The number of nitrogens with one attached hydrogen (secondary N) is 1. The molecule has 1 unspecified atom stereocenters. The third-order valence-corrected chi connectivity index (χ3v) is 3.85. The lowest BCUT2D eigenvalue weighted by atomic mass is 10.3. The van der Waals surface area contributed by atoms with Gasteiger partial charge in [-0.2, -0.15) is 11.8 Å². The van der Waals surface area contributed by atoms with Gasteiger partial charge in [0.25, 0.3) is 0 Å². The van der Waals surface area contributed by atoms with Crippen molar-refractivity contribution >= 4 is 22.8 Å². The highest BCUT2D eigenvalue weighted by Crippen LogP contribution is 2.08. The summed E-state index contributed by atoms with van der Waals surface area (Å²) in [5.74, 6) is 2.30. The maximum absolute atomic E-state index is 4.60. The molecule has 4 heteroatoms. The molecular weight excluding hydrogens is 242 g/mol. The first-order valence-corrected chi connectivity index (χ1v) is 7.47. The first-order valence-electron chi connectivity index (χ1n) is 6.31. The molecule has 3 nitrogen and oxygen atoms in total. The van der Waals surface area contributed by atoms with Gasteiger partial charge in [-0.1, -0.05) is 19.1 Å². The summed E-state index contributed by atoms with van der Waals surface area (Å²) in [5, 5.41) is 3.48. The van der Waals surface area contributed by atoms with E-state index < -0.39 is 0 Å². The van der Waals surface area contributed by atoms with Gasteiger partial charge in [-0.05, 0) is 24.8 Å². The van der Waals surface area contributed by atoms with Gasteiger partial charge in [-0.25, -0.2) is 4.98 Å². The molecule has 0 aliphatic heterocycles. The second-order valence-electron chi connectivity index (χ2n) is 4.29. The minimum atomic E-state index is 0.503. The molecule has 0 saturated heterocycles. The van der Waals surface area contributed by atoms with Crippen LogP contribution in [0, 0.1) is 0 Å². The number of rotatable bonds is 6. The second kappa shape index (κ2) is 6.71. The molecule has 0 fully saturated rings. The fourth-order valence-electron chi connectivity index (χ4n) is 1.71. The smallest absolute Gasteiger partial charge is 0.0890 e. The van der Waals surface area contributed by atoms with E-state index in [9.17, 15) is 0 Å². The van der Waals surface area contributed by atoms with E-state index in [0.717, 1.165) is 29.0 Å². The zero-order valence-corrected chi connectivity index (χ0v) is 11.7. The fraction of sp³-hybridized carbons (Fsp3) is 0.429. The normalized spacial score (nSPS) is 12.8. The minimum Gasteiger partial charge on any atom is -0.308 e. The van der Waals surface area contributed by atoms with Crippen LogP contribution in [-0.4, -0.2) is 27.5 Å². The molecule has 0 bridgehead atoms.